The summed E-state index contributed by atoms with van der Waals surface area (Å²) in [7, 11) is 0. The van der Waals surface area contributed by atoms with Gasteiger partial charge in [-0.15, -0.1) is 11.8 Å². The quantitative estimate of drug-likeness (QED) is 0.595. The van der Waals surface area contributed by atoms with Gasteiger partial charge < -0.3 is 5.73 Å². The molecule has 0 saturated carbocycles. The molecule has 0 radical (unpaired) electrons. The first kappa shape index (κ1) is 13.9. The molecule has 18 heavy (non-hydrogen) atoms. The molecule has 94 valence electrons. The van der Waals surface area contributed by atoms with Crippen LogP contribution in [0.5, 0.6) is 0 Å². The minimum Gasteiger partial charge on any atom is -0.399 e. The average molecular weight is 319 g/mol. The van der Waals surface area contributed by atoms with Gasteiger partial charge in [-0.2, -0.15) is 0 Å². The molecule has 0 amide bonds. The molecule has 0 unspecified atom stereocenters. The van der Waals surface area contributed by atoms with Gasteiger partial charge in [-0.25, -0.2) is 0 Å². The van der Waals surface area contributed by atoms with Crippen molar-refractivity contribution in [3.05, 3.63) is 57.0 Å². The lowest BCUT2D eigenvalue weighted by molar-refractivity contribution is 1.38. The van der Waals surface area contributed by atoms with Crippen molar-refractivity contribution in [2.75, 3.05) is 5.73 Å². The Balaban J connectivity index is 2.19. The number of thioether (sulfide) groups is 1. The summed E-state index contributed by atoms with van der Waals surface area (Å²) in [5.41, 5.74) is 7.27. The zero-order valence-electron chi connectivity index (χ0n) is 9.29. The molecule has 0 atom stereocenters. The van der Waals surface area contributed by atoms with E-state index in [2.05, 4.69) is 0 Å². The molecule has 2 aromatic carbocycles. The third-order valence-electron chi connectivity index (χ3n) is 2.35. The summed E-state index contributed by atoms with van der Waals surface area (Å²) in [6.07, 6.45) is 0. The van der Waals surface area contributed by atoms with Crippen molar-refractivity contribution in [1.82, 2.24) is 0 Å². The number of anilines is 1. The van der Waals surface area contributed by atoms with E-state index in [1.165, 1.54) is 0 Å². The molecule has 1 nitrogen and oxygen atoms in total. The average Bonchev–Trinajstić information content (AvgIpc) is 2.30. The minimum absolute atomic E-state index is 0.562. The molecular formula is C13H10Cl3NS. The molecule has 5 heteroatoms. The van der Waals surface area contributed by atoms with Crippen molar-refractivity contribution in [3.63, 3.8) is 0 Å². The number of nitrogens with two attached hydrogens (primary N) is 1. The summed E-state index contributed by atoms with van der Waals surface area (Å²) in [5.74, 6) is 0.711. The highest BCUT2D eigenvalue weighted by Gasteiger charge is 2.09. The molecule has 2 aromatic rings. The van der Waals surface area contributed by atoms with E-state index in [9.17, 15) is 0 Å². The first-order valence-corrected chi connectivity index (χ1v) is 7.30. The Bertz CT molecular complexity index is 549. The smallest absolute Gasteiger partial charge is 0.0577 e. The van der Waals surface area contributed by atoms with Crippen LogP contribution in [0.3, 0.4) is 0 Å². The van der Waals surface area contributed by atoms with E-state index < -0.39 is 0 Å². The first-order valence-electron chi connectivity index (χ1n) is 5.18. The zero-order valence-corrected chi connectivity index (χ0v) is 12.4. The maximum absolute atomic E-state index is 6.12. The van der Waals surface area contributed by atoms with Gasteiger partial charge in [0.15, 0.2) is 0 Å². The fourth-order valence-electron chi connectivity index (χ4n) is 1.48. The summed E-state index contributed by atoms with van der Waals surface area (Å²) in [4.78, 5) is 0.826. The van der Waals surface area contributed by atoms with E-state index in [1.54, 1.807) is 23.9 Å². The molecule has 2 rings (SSSR count). The maximum atomic E-state index is 6.12. The van der Waals surface area contributed by atoms with E-state index >= 15 is 0 Å². The fourth-order valence-corrected chi connectivity index (χ4v) is 3.54. The Hall–Kier alpha value is -0.540. The van der Waals surface area contributed by atoms with Gasteiger partial charge in [0.05, 0.1) is 10.0 Å². The molecule has 0 aromatic heterocycles. The molecule has 0 fully saturated rings. The number of halogens is 3. The van der Waals surface area contributed by atoms with Gasteiger partial charge >= 0.3 is 0 Å². The Kier molecular flexibility index (Phi) is 4.68. The van der Waals surface area contributed by atoms with Gasteiger partial charge in [0.25, 0.3) is 0 Å². The Labute approximate surface area is 125 Å². The highest BCUT2D eigenvalue weighted by molar-refractivity contribution is 7.98. The molecule has 0 aliphatic heterocycles. The summed E-state index contributed by atoms with van der Waals surface area (Å²) >= 11 is 19.9. The second-order valence-corrected chi connectivity index (χ2v) is 5.90. The number of rotatable bonds is 3. The third kappa shape index (κ3) is 3.27. The lowest BCUT2D eigenvalue weighted by Gasteiger charge is -2.08. The van der Waals surface area contributed by atoms with Crippen LogP contribution in [-0.2, 0) is 5.75 Å². The van der Waals surface area contributed by atoms with E-state index in [4.69, 9.17) is 40.5 Å². The molecule has 0 aliphatic carbocycles. The molecule has 0 bridgehead atoms. The fraction of sp³-hybridized carbons (Fsp3) is 0.0769. The largest absolute Gasteiger partial charge is 0.399 e. The van der Waals surface area contributed by atoms with Crippen LogP contribution >= 0.6 is 46.6 Å². The second-order valence-electron chi connectivity index (χ2n) is 3.69. The van der Waals surface area contributed by atoms with E-state index in [0.717, 1.165) is 15.5 Å². The highest BCUT2D eigenvalue weighted by atomic mass is 35.5. The molecule has 0 spiro atoms. The van der Waals surface area contributed by atoms with Gasteiger partial charge in [-0.3, -0.25) is 0 Å². The van der Waals surface area contributed by atoms with Crippen LogP contribution in [0.15, 0.2) is 41.3 Å². The van der Waals surface area contributed by atoms with Crippen LogP contribution in [-0.4, -0.2) is 0 Å². The van der Waals surface area contributed by atoms with E-state index in [0.29, 0.717) is 21.5 Å². The lowest BCUT2D eigenvalue weighted by atomic mass is 10.2. The Morgan fingerprint density at radius 3 is 2.17 bits per heavy atom. The predicted octanol–water partition coefficient (Wildman–Crippen LogP) is 5.52. The molecule has 0 aliphatic rings. The predicted molar refractivity (Wildman–Crippen MR) is 81.9 cm³/mol. The van der Waals surface area contributed by atoms with Crippen LogP contribution < -0.4 is 5.73 Å². The summed E-state index contributed by atoms with van der Waals surface area (Å²) in [5, 5.41) is 1.88. The minimum atomic E-state index is 0.562. The van der Waals surface area contributed by atoms with Crippen molar-refractivity contribution in [2.24, 2.45) is 0 Å². The van der Waals surface area contributed by atoms with Gasteiger partial charge in [0.2, 0.25) is 0 Å². The standard InChI is InChI=1S/C13H10Cl3NS/c14-10-4-2-1-3-8(10)7-18-13-11(15)5-9(17)6-12(13)16/h1-6H,7,17H2. The first-order chi connectivity index (χ1) is 8.58. The van der Waals surface area contributed by atoms with Crippen LogP contribution in [0, 0.1) is 0 Å². The number of benzene rings is 2. The number of nitrogen functional groups attached to an aromatic ring is 1. The summed E-state index contributed by atoms with van der Waals surface area (Å²) in [6.45, 7) is 0. The summed E-state index contributed by atoms with van der Waals surface area (Å²) < 4.78 is 0. The summed E-state index contributed by atoms with van der Waals surface area (Å²) in [6, 6.07) is 11.1. The van der Waals surface area contributed by atoms with E-state index in [-0.39, 0.29) is 0 Å². The van der Waals surface area contributed by atoms with Crippen molar-refractivity contribution in [2.45, 2.75) is 10.6 Å². The normalized spacial score (nSPS) is 10.6. The van der Waals surface area contributed by atoms with Gasteiger partial charge in [-0.1, -0.05) is 53.0 Å². The molecule has 2 N–H and O–H groups in total. The maximum Gasteiger partial charge on any atom is 0.0577 e. The van der Waals surface area contributed by atoms with E-state index in [1.807, 2.05) is 24.3 Å². The number of hydrogen-bond donors (Lipinski definition) is 1. The Morgan fingerprint density at radius 2 is 1.56 bits per heavy atom. The van der Waals surface area contributed by atoms with Gasteiger partial charge in [-0.05, 0) is 23.8 Å². The Morgan fingerprint density at radius 1 is 0.944 bits per heavy atom. The molecule has 0 heterocycles. The molecular weight excluding hydrogens is 309 g/mol. The SMILES string of the molecule is Nc1cc(Cl)c(SCc2ccccc2Cl)c(Cl)c1. The van der Waals surface area contributed by atoms with Crippen molar-refractivity contribution in [1.29, 1.82) is 0 Å². The van der Waals surface area contributed by atoms with Crippen molar-refractivity contribution >= 4 is 52.3 Å². The monoisotopic (exact) mass is 317 g/mol. The van der Waals surface area contributed by atoms with Crippen molar-refractivity contribution < 1.29 is 0 Å². The molecule has 0 saturated heterocycles. The van der Waals surface area contributed by atoms with Gasteiger partial charge in [0, 0.05) is 21.4 Å². The lowest BCUT2D eigenvalue weighted by Crippen LogP contribution is -1.88. The van der Waals surface area contributed by atoms with Crippen LogP contribution in [0.2, 0.25) is 15.1 Å². The van der Waals surface area contributed by atoms with Crippen molar-refractivity contribution in [3.8, 4) is 0 Å². The highest BCUT2D eigenvalue weighted by Crippen LogP contribution is 2.38. The topological polar surface area (TPSA) is 26.0 Å². The zero-order chi connectivity index (χ0) is 13.1. The second kappa shape index (κ2) is 6.07. The van der Waals surface area contributed by atoms with Crippen LogP contribution in [0.1, 0.15) is 5.56 Å². The third-order valence-corrected chi connectivity index (χ3v) is 4.72. The van der Waals surface area contributed by atoms with Gasteiger partial charge in [0.1, 0.15) is 0 Å². The van der Waals surface area contributed by atoms with Crippen LogP contribution in [0.25, 0.3) is 0 Å². The number of hydrogen-bond acceptors (Lipinski definition) is 2. The van der Waals surface area contributed by atoms with Crippen LogP contribution in [0.4, 0.5) is 5.69 Å².